The lowest BCUT2D eigenvalue weighted by atomic mass is 9.82. The van der Waals surface area contributed by atoms with E-state index in [9.17, 15) is 35.2 Å². The Morgan fingerprint density at radius 1 is 1.09 bits per heavy atom. The van der Waals surface area contributed by atoms with Gasteiger partial charge in [-0.2, -0.15) is 13.2 Å². The van der Waals surface area contributed by atoms with Gasteiger partial charge in [0.05, 0.1) is 23.4 Å². The summed E-state index contributed by atoms with van der Waals surface area (Å²) in [4.78, 5) is 12.7. The highest BCUT2D eigenvalue weighted by atomic mass is 32.2. The maximum atomic E-state index is 14.6. The number of hydrogen-bond donors (Lipinski definition) is 2. The normalized spacial score (nSPS) is 19.3. The van der Waals surface area contributed by atoms with Gasteiger partial charge in [-0.15, -0.1) is 0 Å². The highest BCUT2D eigenvalue weighted by Crippen LogP contribution is 2.50. The molecule has 1 fully saturated rings. The fraction of sp³-hybridized carbons (Fsp3) is 0.458. The first-order valence-electron chi connectivity index (χ1n) is 10.9. The van der Waals surface area contributed by atoms with Crippen LogP contribution in [0.2, 0.25) is 0 Å². The maximum Gasteiger partial charge on any atom is 0.398 e. The van der Waals surface area contributed by atoms with E-state index in [4.69, 9.17) is 0 Å². The van der Waals surface area contributed by atoms with Crippen molar-refractivity contribution in [3.63, 3.8) is 0 Å². The predicted octanol–water partition coefficient (Wildman–Crippen LogP) is 5.47. The summed E-state index contributed by atoms with van der Waals surface area (Å²) in [6, 6.07) is 6.31. The van der Waals surface area contributed by atoms with Gasteiger partial charge in [-0.05, 0) is 74.9 Å². The Morgan fingerprint density at radius 3 is 2.14 bits per heavy atom. The number of hydrogen-bond acceptors (Lipinski definition) is 3. The van der Waals surface area contributed by atoms with Gasteiger partial charge in [0.25, 0.3) is 0 Å². The van der Waals surface area contributed by atoms with Gasteiger partial charge in [-0.25, -0.2) is 17.2 Å². The fourth-order valence-corrected chi connectivity index (χ4v) is 4.70. The van der Waals surface area contributed by atoms with Crippen molar-refractivity contribution in [3.05, 3.63) is 64.2 Å². The minimum atomic E-state index is -4.84. The van der Waals surface area contributed by atoms with Gasteiger partial charge < -0.3 is 5.32 Å². The van der Waals surface area contributed by atoms with Crippen molar-refractivity contribution in [2.24, 2.45) is 5.92 Å². The van der Waals surface area contributed by atoms with Gasteiger partial charge in [-0.3, -0.25) is 9.52 Å². The van der Waals surface area contributed by atoms with Crippen LogP contribution in [0.4, 0.5) is 27.6 Å². The molecule has 0 radical (unpaired) electrons. The molecule has 2 aromatic carbocycles. The van der Waals surface area contributed by atoms with Crippen LogP contribution < -0.4 is 10.0 Å². The molecule has 192 valence electrons. The minimum Gasteiger partial charge on any atom is -0.349 e. The van der Waals surface area contributed by atoms with E-state index in [0.717, 1.165) is 24.0 Å². The van der Waals surface area contributed by atoms with Gasteiger partial charge in [-0.1, -0.05) is 12.1 Å². The van der Waals surface area contributed by atoms with E-state index in [1.165, 1.54) is 0 Å². The van der Waals surface area contributed by atoms with Gasteiger partial charge in [0, 0.05) is 11.5 Å². The number of rotatable bonds is 7. The highest BCUT2D eigenvalue weighted by molar-refractivity contribution is 7.92. The van der Waals surface area contributed by atoms with Gasteiger partial charge in [0.2, 0.25) is 15.9 Å². The first-order chi connectivity index (χ1) is 15.9. The first-order valence-corrected chi connectivity index (χ1v) is 12.8. The summed E-state index contributed by atoms with van der Waals surface area (Å²) >= 11 is 0. The lowest BCUT2D eigenvalue weighted by Crippen LogP contribution is -2.38. The Kier molecular flexibility index (Phi) is 6.97. The lowest BCUT2D eigenvalue weighted by Gasteiger charge is -2.29. The third-order valence-electron chi connectivity index (χ3n) is 6.36. The quantitative estimate of drug-likeness (QED) is 0.478. The third kappa shape index (κ3) is 5.76. The number of halogens is 5. The van der Waals surface area contributed by atoms with Gasteiger partial charge in [0.1, 0.15) is 11.6 Å². The van der Waals surface area contributed by atoms with Crippen LogP contribution >= 0.6 is 0 Å². The summed E-state index contributed by atoms with van der Waals surface area (Å²) in [7, 11) is -3.44. The number of aryl methyl sites for hydroxylation is 1. The van der Waals surface area contributed by atoms with E-state index in [0.29, 0.717) is 31.5 Å². The van der Waals surface area contributed by atoms with Crippen molar-refractivity contribution in [2.45, 2.75) is 57.7 Å². The van der Waals surface area contributed by atoms with Crippen LogP contribution in [0.5, 0.6) is 0 Å². The second-order valence-electron chi connectivity index (χ2n) is 9.61. The van der Waals surface area contributed by atoms with Gasteiger partial charge >= 0.3 is 6.18 Å². The number of anilines is 1. The van der Waals surface area contributed by atoms with Crippen LogP contribution in [0, 0.1) is 24.5 Å². The molecule has 1 aliphatic carbocycles. The largest absolute Gasteiger partial charge is 0.398 e. The second kappa shape index (κ2) is 9.07. The molecule has 3 rings (SSSR count). The van der Waals surface area contributed by atoms with Gasteiger partial charge in [0.15, 0.2) is 0 Å². The van der Waals surface area contributed by atoms with E-state index in [2.05, 4.69) is 10.0 Å². The number of carbonyl (C=O) groups is 1. The summed E-state index contributed by atoms with van der Waals surface area (Å²) in [5.74, 6) is -4.00. The number of benzene rings is 2. The van der Waals surface area contributed by atoms with Crippen LogP contribution in [0.25, 0.3) is 0 Å². The Bertz CT molecular complexity index is 1240. The number of alkyl halides is 3. The second-order valence-corrected chi connectivity index (χ2v) is 11.4. The van der Waals surface area contributed by atoms with Crippen LogP contribution in [-0.2, 0) is 20.2 Å². The Balaban J connectivity index is 1.71. The third-order valence-corrected chi connectivity index (χ3v) is 6.95. The van der Waals surface area contributed by atoms with E-state index in [1.54, 1.807) is 32.0 Å². The summed E-state index contributed by atoms with van der Waals surface area (Å²) < 4.78 is 94.3. The van der Waals surface area contributed by atoms with Crippen molar-refractivity contribution >= 4 is 21.6 Å². The monoisotopic (exact) mass is 518 g/mol. The van der Waals surface area contributed by atoms with Crippen LogP contribution in [-0.4, -0.2) is 26.8 Å². The zero-order chi connectivity index (χ0) is 26.5. The molecule has 1 amide bonds. The van der Waals surface area contributed by atoms with Crippen molar-refractivity contribution in [3.8, 4) is 0 Å². The molecule has 0 aromatic heterocycles. The average molecular weight is 519 g/mol. The Morgan fingerprint density at radius 2 is 1.66 bits per heavy atom. The lowest BCUT2D eigenvalue weighted by molar-refractivity contribution is -0.181. The predicted molar refractivity (Wildman–Crippen MR) is 122 cm³/mol. The molecular formula is C24H27F5N2O3S. The van der Waals surface area contributed by atoms with Crippen molar-refractivity contribution in [1.82, 2.24) is 5.32 Å². The molecule has 0 aliphatic heterocycles. The van der Waals surface area contributed by atoms with Crippen LogP contribution in [0.3, 0.4) is 0 Å². The summed E-state index contributed by atoms with van der Waals surface area (Å²) in [6.07, 6.45) is -3.49. The number of sulfonamides is 1. The number of amides is 1. The highest BCUT2D eigenvalue weighted by Gasteiger charge is 2.52. The van der Waals surface area contributed by atoms with E-state index in [-0.39, 0.29) is 11.5 Å². The molecule has 5 nitrogen and oxygen atoms in total. The van der Waals surface area contributed by atoms with Crippen molar-refractivity contribution < 1.29 is 35.2 Å². The molecule has 2 aromatic rings. The molecule has 35 heavy (non-hydrogen) atoms. The molecule has 0 bridgehead atoms. The standard InChI is InChI=1S/C24H27F5N2O3S/c1-12-8-14(6-7-20(12)31-35(5,33)34)13(2)30-22(32)17-11-16(17)15-9-18(25)21(19(26)10-15)23(3,4)24(27,28)29/h6-10,13,16-17,31H,11H2,1-5H3,(H,30,32)/t13-,16?,17?/m1/s1. The first kappa shape index (κ1) is 26.9. The SMILES string of the molecule is Cc1cc([C@@H](C)NC(=O)C2CC2c2cc(F)c(C(C)(C)C(F)(F)F)c(F)c2)ccc1NS(C)(=O)=O. The van der Waals surface area contributed by atoms with Crippen molar-refractivity contribution in [2.75, 3.05) is 11.0 Å². The number of carbonyl (C=O) groups excluding carboxylic acids is 1. The Labute approximate surface area is 201 Å². The summed E-state index contributed by atoms with van der Waals surface area (Å²) in [5.41, 5.74) is -1.82. The van der Waals surface area contributed by atoms with Crippen LogP contribution in [0.1, 0.15) is 61.4 Å². The van der Waals surface area contributed by atoms with E-state index >= 15 is 0 Å². The minimum absolute atomic E-state index is 0.140. The van der Waals surface area contributed by atoms with E-state index in [1.807, 2.05) is 0 Å². The van der Waals surface area contributed by atoms with Crippen molar-refractivity contribution in [1.29, 1.82) is 0 Å². The maximum absolute atomic E-state index is 14.6. The molecule has 3 atom stereocenters. The van der Waals surface area contributed by atoms with E-state index < -0.39 is 56.7 Å². The zero-order valence-electron chi connectivity index (χ0n) is 19.8. The molecule has 0 heterocycles. The topological polar surface area (TPSA) is 75.3 Å². The zero-order valence-corrected chi connectivity index (χ0v) is 20.7. The Hall–Kier alpha value is -2.69. The molecule has 0 saturated heterocycles. The molecule has 2 N–H and O–H groups in total. The average Bonchev–Trinajstić information content (AvgIpc) is 3.48. The summed E-state index contributed by atoms with van der Waals surface area (Å²) in [5, 5.41) is 2.82. The molecule has 1 saturated carbocycles. The number of nitrogens with one attached hydrogen (secondary N) is 2. The van der Waals surface area contributed by atoms with Crippen LogP contribution in [0.15, 0.2) is 30.3 Å². The molecular weight excluding hydrogens is 491 g/mol. The fourth-order valence-electron chi connectivity index (χ4n) is 4.07. The molecule has 1 aliphatic rings. The molecule has 0 spiro atoms. The molecule has 2 unspecified atom stereocenters. The summed E-state index contributed by atoms with van der Waals surface area (Å²) in [6.45, 7) is 4.89. The molecule has 11 heteroatoms. The smallest absolute Gasteiger partial charge is 0.349 e.